The lowest BCUT2D eigenvalue weighted by Gasteiger charge is -2.15. The van der Waals surface area contributed by atoms with Crippen LogP contribution < -0.4 is 16.4 Å². The van der Waals surface area contributed by atoms with Crippen LogP contribution in [0.25, 0.3) is 0 Å². The summed E-state index contributed by atoms with van der Waals surface area (Å²) in [5, 5.41) is 5.79. The number of unbranched alkanes of at least 4 members (excludes halogenated alkanes) is 2. The summed E-state index contributed by atoms with van der Waals surface area (Å²) in [6.45, 7) is 6.15. The Morgan fingerprint density at radius 2 is 1.85 bits per heavy atom. The smallest absolute Gasteiger partial charge is 0.319 e. The van der Waals surface area contributed by atoms with Crippen molar-refractivity contribution in [3.8, 4) is 0 Å². The average Bonchev–Trinajstić information content (AvgIpc) is 2.39. The first-order valence-corrected chi connectivity index (χ1v) is 7.46. The van der Waals surface area contributed by atoms with Gasteiger partial charge in [0, 0.05) is 17.8 Å². The Kier molecular flexibility index (Phi) is 7.09. The first-order chi connectivity index (χ1) is 9.52. The van der Waals surface area contributed by atoms with Gasteiger partial charge in [-0.1, -0.05) is 38.3 Å². The molecule has 0 spiro atoms. The number of carbonyl (C=O) groups excluding carboxylic acids is 1. The van der Waals surface area contributed by atoms with E-state index in [1.807, 2.05) is 38.1 Å². The number of hydrogen-bond donors (Lipinski definition) is 3. The van der Waals surface area contributed by atoms with Gasteiger partial charge in [0.15, 0.2) is 0 Å². The molecule has 2 unspecified atom stereocenters. The van der Waals surface area contributed by atoms with Gasteiger partial charge in [0.2, 0.25) is 0 Å². The molecule has 0 radical (unpaired) electrons. The minimum atomic E-state index is -0.150. The maximum atomic E-state index is 11.8. The monoisotopic (exact) mass is 277 g/mol. The van der Waals surface area contributed by atoms with Gasteiger partial charge >= 0.3 is 6.03 Å². The van der Waals surface area contributed by atoms with Gasteiger partial charge in [0.25, 0.3) is 0 Å². The molecule has 0 fully saturated rings. The van der Waals surface area contributed by atoms with E-state index in [1.54, 1.807) is 0 Å². The summed E-state index contributed by atoms with van der Waals surface area (Å²) in [4.78, 5) is 11.8. The fourth-order valence-corrected chi connectivity index (χ4v) is 2.03. The third-order valence-electron chi connectivity index (χ3n) is 3.31. The highest BCUT2D eigenvalue weighted by atomic mass is 16.2. The molecule has 2 atom stereocenters. The number of benzene rings is 1. The number of nitrogens with one attached hydrogen (secondary N) is 2. The zero-order valence-corrected chi connectivity index (χ0v) is 12.8. The lowest BCUT2D eigenvalue weighted by molar-refractivity contribution is 0.248. The summed E-state index contributed by atoms with van der Waals surface area (Å²) in [7, 11) is 0. The van der Waals surface area contributed by atoms with Crippen LogP contribution >= 0.6 is 0 Å². The zero-order valence-electron chi connectivity index (χ0n) is 12.8. The van der Waals surface area contributed by atoms with Gasteiger partial charge in [-0.3, -0.25) is 0 Å². The van der Waals surface area contributed by atoms with Crippen molar-refractivity contribution >= 4 is 11.7 Å². The van der Waals surface area contributed by atoms with E-state index in [9.17, 15) is 4.79 Å². The van der Waals surface area contributed by atoms with Crippen molar-refractivity contribution in [2.75, 3.05) is 5.32 Å². The molecule has 0 bridgehead atoms. The van der Waals surface area contributed by atoms with Gasteiger partial charge in [0.1, 0.15) is 0 Å². The van der Waals surface area contributed by atoms with Gasteiger partial charge in [-0.15, -0.1) is 0 Å². The largest absolute Gasteiger partial charge is 0.335 e. The minimum absolute atomic E-state index is 0.0106. The molecule has 0 aliphatic rings. The number of hydrogen-bond acceptors (Lipinski definition) is 2. The Balaban J connectivity index is 2.38. The van der Waals surface area contributed by atoms with Crippen molar-refractivity contribution < 1.29 is 4.79 Å². The molecular formula is C16H27N3O. The number of rotatable bonds is 7. The molecule has 4 nitrogen and oxygen atoms in total. The second kappa shape index (κ2) is 8.59. The Morgan fingerprint density at radius 1 is 1.20 bits per heavy atom. The Bertz CT molecular complexity index is 401. The maximum absolute atomic E-state index is 11.8. The lowest BCUT2D eigenvalue weighted by Crippen LogP contribution is -2.36. The van der Waals surface area contributed by atoms with E-state index in [0.717, 1.165) is 24.1 Å². The molecule has 0 saturated carbocycles. The molecule has 1 aromatic carbocycles. The Morgan fingerprint density at radius 3 is 2.40 bits per heavy atom. The van der Waals surface area contributed by atoms with Gasteiger partial charge in [-0.2, -0.15) is 0 Å². The van der Waals surface area contributed by atoms with Gasteiger partial charge in [-0.25, -0.2) is 4.79 Å². The topological polar surface area (TPSA) is 67.2 Å². The van der Waals surface area contributed by atoms with Crippen molar-refractivity contribution in [1.29, 1.82) is 0 Å². The molecule has 0 saturated heterocycles. The van der Waals surface area contributed by atoms with E-state index in [2.05, 4.69) is 17.6 Å². The zero-order chi connectivity index (χ0) is 15.0. The Labute approximate surface area is 122 Å². The van der Waals surface area contributed by atoms with Crippen molar-refractivity contribution in [3.05, 3.63) is 29.8 Å². The normalized spacial score (nSPS) is 13.6. The summed E-state index contributed by atoms with van der Waals surface area (Å²) >= 11 is 0. The summed E-state index contributed by atoms with van der Waals surface area (Å²) in [5.41, 5.74) is 7.63. The highest BCUT2D eigenvalue weighted by Crippen LogP contribution is 2.14. The third kappa shape index (κ3) is 6.06. The molecule has 0 heterocycles. The second-order valence-corrected chi connectivity index (χ2v) is 5.41. The SMILES string of the molecule is CCCCCC(C)NC(=O)Nc1ccc(C(C)N)cc1. The van der Waals surface area contributed by atoms with Crippen LogP contribution in [0.1, 0.15) is 58.1 Å². The average molecular weight is 277 g/mol. The summed E-state index contributed by atoms with van der Waals surface area (Å²) < 4.78 is 0. The molecule has 4 N–H and O–H groups in total. The molecule has 0 aromatic heterocycles. The van der Waals surface area contributed by atoms with Crippen molar-refractivity contribution in [1.82, 2.24) is 5.32 Å². The first-order valence-electron chi connectivity index (χ1n) is 7.46. The number of anilines is 1. The number of nitrogens with two attached hydrogens (primary N) is 1. The van der Waals surface area contributed by atoms with Crippen molar-refractivity contribution in [3.63, 3.8) is 0 Å². The van der Waals surface area contributed by atoms with Gasteiger partial charge in [-0.05, 0) is 38.0 Å². The predicted octanol–water partition coefficient (Wildman–Crippen LogP) is 3.80. The van der Waals surface area contributed by atoms with Crippen LogP contribution in [0.5, 0.6) is 0 Å². The van der Waals surface area contributed by atoms with Gasteiger partial charge in [0.05, 0.1) is 0 Å². The molecule has 1 rings (SSSR count). The van der Waals surface area contributed by atoms with Crippen molar-refractivity contribution in [2.24, 2.45) is 5.73 Å². The van der Waals surface area contributed by atoms with Crippen molar-refractivity contribution in [2.45, 2.75) is 58.5 Å². The molecule has 112 valence electrons. The number of amides is 2. The molecule has 1 aromatic rings. The van der Waals surface area contributed by atoms with Crippen LogP contribution in [0.4, 0.5) is 10.5 Å². The summed E-state index contributed by atoms with van der Waals surface area (Å²) in [6, 6.07) is 7.68. The second-order valence-electron chi connectivity index (χ2n) is 5.41. The van der Waals surface area contributed by atoms with E-state index >= 15 is 0 Å². The van der Waals surface area contributed by atoms with Crippen LogP contribution in [-0.2, 0) is 0 Å². The molecule has 0 aliphatic heterocycles. The fourth-order valence-electron chi connectivity index (χ4n) is 2.03. The third-order valence-corrected chi connectivity index (χ3v) is 3.31. The molecule has 20 heavy (non-hydrogen) atoms. The highest BCUT2D eigenvalue weighted by Gasteiger charge is 2.07. The minimum Gasteiger partial charge on any atom is -0.335 e. The number of carbonyl (C=O) groups is 1. The van der Waals surface area contributed by atoms with E-state index in [0.29, 0.717) is 0 Å². The first kappa shape index (κ1) is 16.5. The van der Waals surface area contributed by atoms with Crippen LogP contribution in [0.2, 0.25) is 0 Å². The summed E-state index contributed by atoms with van der Waals surface area (Å²) in [6.07, 6.45) is 4.59. The maximum Gasteiger partial charge on any atom is 0.319 e. The molecular weight excluding hydrogens is 250 g/mol. The van der Waals surface area contributed by atoms with E-state index < -0.39 is 0 Å². The molecule has 4 heteroatoms. The van der Waals surface area contributed by atoms with Crippen LogP contribution in [0, 0.1) is 0 Å². The van der Waals surface area contributed by atoms with E-state index in [4.69, 9.17) is 5.73 Å². The van der Waals surface area contributed by atoms with Crippen LogP contribution in [0.3, 0.4) is 0 Å². The van der Waals surface area contributed by atoms with E-state index in [1.165, 1.54) is 12.8 Å². The van der Waals surface area contributed by atoms with Crippen LogP contribution in [-0.4, -0.2) is 12.1 Å². The van der Waals surface area contributed by atoms with Crippen LogP contribution in [0.15, 0.2) is 24.3 Å². The molecule has 2 amide bonds. The summed E-state index contributed by atoms with van der Waals surface area (Å²) in [5.74, 6) is 0. The molecule has 0 aliphatic carbocycles. The standard InChI is InChI=1S/C16H27N3O/c1-4-5-6-7-12(2)18-16(20)19-15-10-8-14(9-11-15)13(3)17/h8-13H,4-7,17H2,1-3H3,(H2,18,19,20). The number of urea groups is 1. The Hall–Kier alpha value is -1.55. The lowest BCUT2D eigenvalue weighted by atomic mass is 10.1. The highest BCUT2D eigenvalue weighted by molar-refractivity contribution is 5.89. The fraction of sp³-hybridized carbons (Fsp3) is 0.562. The predicted molar refractivity (Wildman–Crippen MR) is 84.8 cm³/mol. The van der Waals surface area contributed by atoms with E-state index in [-0.39, 0.29) is 18.1 Å². The van der Waals surface area contributed by atoms with Gasteiger partial charge < -0.3 is 16.4 Å². The quantitative estimate of drug-likeness (QED) is 0.664.